The first-order chi connectivity index (χ1) is 12.9. The molecule has 2 N–H and O–H groups in total. The molecule has 1 aliphatic heterocycles. The molecule has 0 saturated carbocycles. The number of fused-ring (bicyclic) bond motifs is 1. The van der Waals surface area contributed by atoms with Crippen LogP contribution in [-0.2, 0) is 17.6 Å². The average Bonchev–Trinajstić information content (AvgIpc) is 2.99. The summed E-state index contributed by atoms with van der Waals surface area (Å²) < 4.78 is 26.7. The zero-order chi connectivity index (χ0) is 19.2. The van der Waals surface area contributed by atoms with Gasteiger partial charge in [-0.25, -0.2) is 14.3 Å². The number of hydrogen-bond donors (Lipinski definition) is 2. The van der Waals surface area contributed by atoms with Crippen LogP contribution in [0.4, 0.5) is 14.5 Å². The maximum Gasteiger partial charge on any atom is 0.274 e. The Morgan fingerprint density at radius 1 is 1.07 bits per heavy atom. The van der Waals surface area contributed by atoms with Gasteiger partial charge in [-0.15, -0.1) is 0 Å². The van der Waals surface area contributed by atoms with Gasteiger partial charge in [-0.05, 0) is 61.1 Å². The summed E-state index contributed by atoms with van der Waals surface area (Å²) in [6.45, 7) is 0.463. The van der Waals surface area contributed by atoms with Crippen molar-refractivity contribution in [1.29, 1.82) is 0 Å². The second kappa shape index (κ2) is 6.42. The van der Waals surface area contributed by atoms with Gasteiger partial charge in [-0.3, -0.25) is 14.8 Å². The molecule has 2 aromatic carbocycles. The number of carbonyl (C=O) groups excluding carboxylic acids is 2. The van der Waals surface area contributed by atoms with Crippen LogP contribution in [0.5, 0.6) is 0 Å². The molecule has 2 aromatic rings. The van der Waals surface area contributed by atoms with E-state index in [-0.39, 0.29) is 5.91 Å². The van der Waals surface area contributed by atoms with Crippen LogP contribution >= 0.6 is 0 Å². The minimum atomic E-state index is -0.968. The fourth-order valence-electron chi connectivity index (χ4n) is 4.18. The van der Waals surface area contributed by atoms with E-state index in [1.54, 1.807) is 17.6 Å². The lowest BCUT2D eigenvalue weighted by atomic mass is 9.70. The molecule has 1 aliphatic carbocycles. The Kier molecular flexibility index (Phi) is 4.19. The highest BCUT2D eigenvalue weighted by Crippen LogP contribution is 2.45. The van der Waals surface area contributed by atoms with E-state index < -0.39 is 23.0 Å². The van der Waals surface area contributed by atoms with Crippen molar-refractivity contribution in [2.75, 3.05) is 11.4 Å². The van der Waals surface area contributed by atoms with Crippen LogP contribution in [0.2, 0.25) is 0 Å². The molecule has 27 heavy (non-hydrogen) atoms. The number of nitrogens with zero attached hydrogens (tertiary/aromatic N) is 1. The summed E-state index contributed by atoms with van der Waals surface area (Å²) in [7, 11) is 0. The zero-order valence-corrected chi connectivity index (χ0v) is 14.5. The molecule has 140 valence electrons. The lowest BCUT2D eigenvalue weighted by molar-refractivity contribution is -0.126. The Bertz CT molecular complexity index is 947. The predicted octanol–water partition coefficient (Wildman–Crippen LogP) is 3.00. The number of aryl methyl sites for hydroxylation is 1. The van der Waals surface area contributed by atoms with E-state index in [0.717, 1.165) is 23.3 Å². The van der Waals surface area contributed by atoms with E-state index in [0.29, 0.717) is 43.5 Å². The van der Waals surface area contributed by atoms with Gasteiger partial charge < -0.3 is 4.90 Å². The number of halogens is 2. The first-order valence-electron chi connectivity index (χ1n) is 8.77. The number of anilines is 1. The normalized spacial score (nSPS) is 21.4. The summed E-state index contributed by atoms with van der Waals surface area (Å²) in [5.74, 6) is -2.55. The van der Waals surface area contributed by atoms with Gasteiger partial charge in [0.2, 0.25) is 5.91 Å². The highest BCUT2D eigenvalue weighted by molar-refractivity contribution is 6.00. The Hall–Kier alpha value is -2.80. The third kappa shape index (κ3) is 2.88. The second-order valence-corrected chi connectivity index (χ2v) is 7.19. The molecule has 1 atom stereocenters. The summed E-state index contributed by atoms with van der Waals surface area (Å²) in [5, 5.41) is 8.77. The zero-order valence-electron chi connectivity index (χ0n) is 14.5. The van der Waals surface area contributed by atoms with Gasteiger partial charge >= 0.3 is 0 Å². The molecule has 1 heterocycles. The highest BCUT2D eigenvalue weighted by atomic mass is 19.2. The predicted molar refractivity (Wildman–Crippen MR) is 93.5 cm³/mol. The molecular formula is C20H18F2N2O3. The number of hydrogen-bond acceptors (Lipinski definition) is 3. The largest absolute Gasteiger partial charge is 0.312 e. The van der Waals surface area contributed by atoms with Gasteiger partial charge in [-0.1, -0.05) is 6.07 Å². The minimum Gasteiger partial charge on any atom is -0.312 e. The summed E-state index contributed by atoms with van der Waals surface area (Å²) in [4.78, 5) is 26.2. The maximum atomic E-state index is 13.6. The molecule has 1 fully saturated rings. The molecule has 0 aromatic heterocycles. The third-order valence-corrected chi connectivity index (χ3v) is 5.70. The SMILES string of the molecule is O=C(NO)c1ccc2c(c1)CC[C@@]1(CCN(c3ccc(F)c(F)c3)C1=O)C2. The van der Waals surface area contributed by atoms with Crippen molar-refractivity contribution in [2.45, 2.75) is 25.7 Å². The summed E-state index contributed by atoms with van der Waals surface area (Å²) in [5.41, 5.74) is 3.79. The number of amides is 2. The van der Waals surface area contributed by atoms with Crippen molar-refractivity contribution in [1.82, 2.24) is 5.48 Å². The van der Waals surface area contributed by atoms with Crippen molar-refractivity contribution in [3.63, 3.8) is 0 Å². The molecule has 4 rings (SSSR count). The van der Waals surface area contributed by atoms with Crippen molar-refractivity contribution in [2.24, 2.45) is 5.41 Å². The highest BCUT2D eigenvalue weighted by Gasteiger charge is 2.48. The molecule has 7 heteroatoms. The molecule has 0 bridgehead atoms. The topological polar surface area (TPSA) is 69.6 Å². The van der Waals surface area contributed by atoms with Crippen molar-refractivity contribution in [3.05, 3.63) is 64.7 Å². The van der Waals surface area contributed by atoms with Crippen LogP contribution in [0.1, 0.15) is 34.3 Å². The van der Waals surface area contributed by atoms with Crippen LogP contribution in [0, 0.1) is 17.0 Å². The van der Waals surface area contributed by atoms with Crippen LogP contribution in [0.15, 0.2) is 36.4 Å². The van der Waals surface area contributed by atoms with Crippen LogP contribution in [0.3, 0.4) is 0 Å². The lowest BCUT2D eigenvalue weighted by Gasteiger charge is -2.33. The molecule has 1 saturated heterocycles. The van der Waals surface area contributed by atoms with Crippen molar-refractivity contribution < 1.29 is 23.6 Å². The molecule has 5 nitrogen and oxygen atoms in total. The van der Waals surface area contributed by atoms with Gasteiger partial charge in [0.25, 0.3) is 5.91 Å². The summed E-state index contributed by atoms with van der Waals surface area (Å²) in [6.07, 6.45) is 2.45. The van der Waals surface area contributed by atoms with Gasteiger partial charge in [0, 0.05) is 23.9 Å². The Labute approximate surface area is 154 Å². The van der Waals surface area contributed by atoms with E-state index >= 15 is 0 Å². The van der Waals surface area contributed by atoms with E-state index in [4.69, 9.17) is 5.21 Å². The smallest absolute Gasteiger partial charge is 0.274 e. The lowest BCUT2D eigenvalue weighted by Crippen LogP contribution is -2.38. The number of rotatable bonds is 2. The molecule has 2 aliphatic rings. The van der Waals surface area contributed by atoms with Crippen LogP contribution in [-0.4, -0.2) is 23.6 Å². The summed E-state index contributed by atoms with van der Waals surface area (Å²) >= 11 is 0. The molecular weight excluding hydrogens is 354 g/mol. The fourth-order valence-corrected chi connectivity index (χ4v) is 4.18. The average molecular weight is 372 g/mol. The van der Waals surface area contributed by atoms with Crippen molar-refractivity contribution >= 4 is 17.5 Å². The number of hydroxylamine groups is 1. The van der Waals surface area contributed by atoms with E-state index in [1.165, 1.54) is 11.0 Å². The van der Waals surface area contributed by atoms with Crippen LogP contribution < -0.4 is 10.4 Å². The third-order valence-electron chi connectivity index (χ3n) is 5.70. The quantitative estimate of drug-likeness (QED) is 0.629. The minimum absolute atomic E-state index is 0.0728. The Balaban J connectivity index is 1.60. The number of carbonyl (C=O) groups is 2. The monoisotopic (exact) mass is 372 g/mol. The first-order valence-corrected chi connectivity index (χ1v) is 8.77. The van der Waals surface area contributed by atoms with Gasteiger partial charge in [0.1, 0.15) is 0 Å². The van der Waals surface area contributed by atoms with Gasteiger partial charge in [-0.2, -0.15) is 0 Å². The van der Waals surface area contributed by atoms with Gasteiger partial charge in [0.15, 0.2) is 11.6 Å². The summed E-state index contributed by atoms with van der Waals surface area (Å²) in [6, 6.07) is 8.69. The number of nitrogens with one attached hydrogen (secondary N) is 1. The van der Waals surface area contributed by atoms with E-state index in [1.807, 2.05) is 6.07 Å². The van der Waals surface area contributed by atoms with Crippen LogP contribution in [0.25, 0.3) is 0 Å². The molecule has 0 unspecified atom stereocenters. The second-order valence-electron chi connectivity index (χ2n) is 7.19. The molecule has 0 radical (unpaired) electrons. The number of benzene rings is 2. The van der Waals surface area contributed by atoms with Gasteiger partial charge in [0.05, 0.1) is 5.41 Å². The standard InChI is InChI=1S/C20H18F2N2O3/c21-16-4-3-15(10-17(16)22)24-8-7-20(19(24)26)6-5-12-9-13(18(25)23-27)1-2-14(12)11-20/h1-4,9-10,27H,5-8,11H2,(H,23,25)/t20-/m1/s1. The Morgan fingerprint density at radius 2 is 1.89 bits per heavy atom. The molecule has 2 amide bonds. The Morgan fingerprint density at radius 3 is 2.63 bits per heavy atom. The maximum absolute atomic E-state index is 13.6. The van der Waals surface area contributed by atoms with E-state index in [9.17, 15) is 18.4 Å². The molecule has 1 spiro atoms. The van der Waals surface area contributed by atoms with E-state index in [2.05, 4.69) is 0 Å². The fraction of sp³-hybridized carbons (Fsp3) is 0.300. The first kappa shape index (κ1) is 17.6. The van der Waals surface area contributed by atoms with Crippen molar-refractivity contribution in [3.8, 4) is 0 Å².